The first-order chi connectivity index (χ1) is 23.4. The van der Waals surface area contributed by atoms with Crippen LogP contribution in [0.1, 0.15) is 22.3 Å². The summed E-state index contributed by atoms with van der Waals surface area (Å²) in [6.07, 6.45) is 11.6. The molecule has 0 bridgehead atoms. The van der Waals surface area contributed by atoms with Gasteiger partial charge in [0.05, 0.1) is 45.8 Å². The maximum absolute atomic E-state index is 5.03. The molecule has 9 rings (SSSR count). The van der Waals surface area contributed by atoms with Gasteiger partial charge in [-0.3, -0.25) is 19.9 Å². The van der Waals surface area contributed by atoms with Gasteiger partial charge in [0.25, 0.3) is 0 Å². The van der Waals surface area contributed by atoms with E-state index in [2.05, 4.69) is 132 Å². The van der Waals surface area contributed by atoms with Crippen LogP contribution in [0.25, 0.3) is 77.5 Å². The molecule has 0 fully saturated rings. The second kappa shape index (κ2) is 10.7. The van der Waals surface area contributed by atoms with Gasteiger partial charge in [-0.1, -0.05) is 35.4 Å². The molecular formula is C42H32N6. The maximum Gasteiger partial charge on any atom is 0.0725 e. The van der Waals surface area contributed by atoms with E-state index in [0.717, 1.165) is 88.6 Å². The van der Waals surface area contributed by atoms with Crippen molar-refractivity contribution in [2.75, 3.05) is 0 Å². The largest absolute Gasteiger partial charge is 0.308 e. The highest BCUT2D eigenvalue weighted by atomic mass is 15.0. The van der Waals surface area contributed by atoms with Crippen LogP contribution in [0, 0.1) is 27.7 Å². The van der Waals surface area contributed by atoms with E-state index in [4.69, 9.17) is 9.97 Å². The summed E-state index contributed by atoms with van der Waals surface area (Å²) >= 11 is 0. The Balaban J connectivity index is 1.16. The molecule has 0 aliphatic carbocycles. The number of aromatic nitrogens is 6. The standard InChI is InChI=1S/C42H32N6/c1-25-5-9-29(10-6-25)47-39-13-15-43-21-35(39)33-19-37(45-23-41(33)47)31-17-28(4)32(18-27(31)3)38-20-34-36-22-44-16-14-40(36)48(42(34)24-46-38)30-11-7-26(2)8-12-30/h5-24H,1-4H3. The summed E-state index contributed by atoms with van der Waals surface area (Å²) in [5.74, 6) is 0. The van der Waals surface area contributed by atoms with Gasteiger partial charge in [-0.25, -0.2) is 0 Å². The number of rotatable bonds is 4. The zero-order valence-electron chi connectivity index (χ0n) is 27.2. The number of fused-ring (bicyclic) bond motifs is 6. The van der Waals surface area contributed by atoms with Crippen LogP contribution in [0.15, 0.2) is 122 Å². The summed E-state index contributed by atoms with van der Waals surface area (Å²) < 4.78 is 4.55. The Morgan fingerprint density at radius 1 is 0.417 bits per heavy atom. The summed E-state index contributed by atoms with van der Waals surface area (Å²) in [4.78, 5) is 19.0. The van der Waals surface area contributed by atoms with E-state index in [1.807, 2.05) is 37.2 Å². The second-order valence-electron chi connectivity index (χ2n) is 12.8. The quantitative estimate of drug-likeness (QED) is 0.196. The summed E-state index contributed by atoms with van der Waals surface area (Å²) in [6, 6.07) is 30.3. The lowest BCUT2D eigenvalue weighted by Gasteiger charge is -2.13. The van der Waals surface area contributed by atoms with Gasteiger partial charge in [-0.15, -0.1) is 0 Å². The van der Waals surface area contributed by atoms with Crippen molar-refractivity contribution in [3.8, 4) is 33.9 Å². The van der Waals surface area contributed by atoms with Crippen LogP contribution in [-0.4, -0.2) is 29.1 Å². The molecule has 0 amide bonds. The highest BCUT2D eigenvalue weighted by molar-refractivity contribution is 6.10. The molecule has 6 heteroatoms. The predicted molar refractivity (Wildman–Crippen MR) is 196 cm³/mol. The van der Waals surface area contributed by atoms with E-state index in [9.17, 15) is 0 Å². The average molecular weight is 621 g/mol. The molecule has 0 spiro atoms. The van der Waals surface area contributed by atoms with Crippen LogP contribution < -0.4 is 0 Å². The third-order valence-corrected chi connectivity index (χ3v) is 9.61. The van der Waals surface area contributed by atoms with Gasteiger partial charge >= 0.3 is 0 Å². The van der Waals surface area contributed by atoms with Crippen molar-refractivity contribution in [1.82, 2.24) is 29.1 Å². The molecule has 6 nitrogen and oxygen atoms in total. The van der Waals surface area contributed by atoms with E-state index in [1.165, 1.54) is 11.1 Å². The number of benzene rings is 3. The monoisotopic (exact) mass is 620 g/mol. The fourth-order valence-electron chi connectivity index (χ4n) is 7.13. The van der Waals surface area contributed by atoms with Gasteiger partial charge in [-0.2, -0.15) is 0 Å². The van der Waals surface area contributed by atoms with E-state index in [0.29, 0.717) is 0 Å². The van der Waals surface area contributed by atoms with Crippen LogP contribution in [0.5, 0.6) is 0 Å². The van der Waals surface area contributed by atoms with E-state index < -0.39 is 0 Å². The minimum absolute atomic E-state index is 0.942. The van der Waals surface area contributed by atoms with E-state index in [1.54, 1.807) is 0 Å². The Morgan fingerprint density at radius 2 is 0.833 bits per heavy atom. The molecule has 6 heterocycles. The topological polar surface area (TPSA) is 61.4 Å². The molecule has 9 aromatic rings. The van der Waals surface area contributed by atoms with Gasteiger partial charge < -0.3 is 9.13 Å². The van der Waals surface area contributed by atoms with Crippen LogP contribution in [0.4, 0.5) is 0 Å². The van der Waals surface area contributed by atoms with Crippen molar-refractivity contribution in [3.05, 3.63) is 144 Å². The molecule has 0 N–H and O–H groups in total. The fourth-order valence-corrected chi connectivity index (χ4v) is 7.13. The number of hydrogen-bond acceptors (Lipinski definition) is 4. The third kappa shape index (κ3) is 4.33. The number of hydrogen-bond donors (Lipinski definition) is 0. The van der Waals surface area contributed by atoms with Gasteiger partial charge in [0.1, 0.15) is 0 Å². The van der Waals surface area contributed by atoms with Crippen molar-refractivity contribution in [1.29, 1.82) is 0 Å². The lowest BCUT2D eigenvalue weighted by atomic mass is 9.95. The molecule has 0 radical (unpaired) electrons. The minimum Gasteiger partial charge on any atom is -0.308 e. The van der Waals surface area contributed by atoms with Gasteiger partial charge in [0, 0.05) is 68.8 Å². The third-order valence-electron chi connectivity index (χ3n) is 9.61. The van der Waals surface area contributed by atoms with Gasteiger partial charge in [0.2, 0.25) is 0 Å². The van der Waals surface area contributed by atoms with Crippen molar-refractivity contribution >= 4 is 43.6 Å². The molecule has 0 unspecified atom stereocenters. The predicted octanol–water partition coefficient (Wildman–Crippen LogP) is 10.0. The minimum atomic E-state index is 0.942. The number of pyridine rings is 4. The van der Waals surface area contributed by atoms with Gasteiger partial charge in [-0.05, 0) is 99.5 Å². The van der Waals surface area contributed by atoms with Crippen LogP contribution in [-0.2, 0) is 0 Å². The highest BCUT2D eigenvalue weighted by Gasteiger charge is 2.18. The Morgan fingerprint density at radius 3 is 1.25 bits per heavy atom. The first kappa shape index (κ1) is 28.1. The first-order valence-corrected chi connectivity index (χ1v) is 16.2. The Kier molecular flexibility index (Phi) is 6.27. The molecular weight excluding hydrogens is 589 g/mol. The second-order valence-corrected chi connectivity index (χ2v) is 12.8. The van der Waals surface area contributed by atoms with Crippen molar-refractivity contribution in [2.45, 2.75) is 27.7 Å². The molecule has 6 aromatic heterocycles. The van der Waals surface area contributed by atoms with Crippen LogP contribution in [0.3, 0.4) is 0 Å². The lowest BCUT2D eigenvalue weighted by molar-refractivity contribution is 1.16. The van der Waals surface area contributed by atoms with Crippen molar-refractivity contribution in [3.63, 3.8) is 0 Å². The normalized spacial score (nSPS) is 11.8. The summed E-state index contributed by atoms with van der Waals surface area (Å²) in [5.41, 5.74) is 15.4. The Bertz CT molecular complexity index is 2510. The zero-order valence-corrected chi connectivity index (χ0v) is 27.2. The maximum atomic E-state index is 5.03. The van der Waals surface area contributed by atoms with Crippen molar-refractivity contribution in [2.24, 2.45) is 0 Å². The smallest absolute Gasteiger partial charge is 0.0725 e. The molecule has 0 atom stereocenters. The SMILES string of the molecule is Cc1ccc(-n2c3ccncc3c3cc(-c4cc(C)c(-c5cc6c7cnccc7n(-c7ccc(C)cc7)c6cn5)cc4C)ncc32)cc1. The van der Waals surface area contributed by atoms with E-state index in [-0.39, 0.29) is 0 Å². The molecule has 0 aliphatic rings. The molecule has 0 saturated heterocycles. The molecule has 230 valence electrons. The Labute approximate surface area is 278 Å². The molecule has 0 saturated carbocycles. The average Bonchev–Trinajstić information content (AvgIpc) is 3.62. The first-order valence-electron chi connectivity index (χ1n) is 16.2. The summed E-state index contributed by atoms with van der Waals surface area (Å²) in [7, 11) is 0. The fraction of sp³-hybridized carbons (Fsp3) is 0.0952. The Hall–Kier alpha value is -6.14. The zero-order chi connectivity index (χ0) is 32.5. The van der Waals surface area contributed by atoms with Crippen LogP contribution >= 0.6 is 0 Å². The molecule has 3 aromatic carbocycles. The number of aryl methyl sites for hydroxylation is 4. The lowest BCUT2D eigenvalue weighted by Crippen LogP contribution is -1.96. The summed E-state index contributed by atoms with van der Waals surface area (Å²) in [5, 5.41) is 4.49. The molecule has 48 heavy (non-hydrogen) atoms. The highest BCUT2D eigenvalue weighted by Crippen LogP contribution is 2.38. The van der Waals surface area contributed by atoms with E-state index >= 15 is 0 Å². The van der Waals surface area contributed by atoms with Crippen LogP contribution in [0.2, 0.25) is 0 Å². The number of nitrogens with zero attached hydrogens (tertiary/aromatic N) is 6. The van der Waals surface area contributed by atoms with Gasteiger partial charge in [0.15, 0.2) is 0 Å². The molecule has 0 aliphatic heterocycles. The summed E-state index contributed by atoms with van der Waals surface area (Å²) in [6.45, 7) is 8.54. The van der Waals surface area contributed by atoms with Crippen molar-refractivity contribution < 1.29 is 0 Å².